The van der Waals surface area contributed by atoms with Crippen molar-refractivity contribution in [2.24, 2.45) is 5.41 Å². The van der Waals surface area contributed by atoms with Crippen molar-refractivity contribution in [2.75, 3.05) is 0 Å². The van der Waals surface area contributed by atoms with Crippen molar-refractivity contribution in [2.45, 2.75) is 64.6 Å². The Morgan fingerprint density at radius 2 is 1.48 bits per heavy atom. The third-order valence-corrected chi connectivity index (χ3v) is 3.20. The van der Waals surface area contributed by atoms with Crippen molar-refractivity contribution in [3.05, 3.63) is 0 Å². The van der Waals surface area contributed by atoms with Crippen molar-refractivity contribution in [1.82, 2.24) is 0 Å². The summed E-state index contributed by atoms with van der Waals surface area (Å²) in [5.41, 5.74) is -7.09. The first-order valence-corrected chi connectivity index (χ1v) is 6.17. The maximum Gasteiger partial charge on any atom is 0.426 e. The van der Waals surface area contributed by atoms with Gasteiger partial charge in [-0.25, -0.2) is 0 Å². The van der Waals surface area contributed by atoms with E-state index < -0.39 is 41.9 Å². The third-order valence-electron chi connectivity index (χ3n) is 3.20. The predicted molar refractivity (Wildman–Crippen MR) is 61.3 cm³/mol. The number of alkyl halides is 6. The summed E-state index contributed by atoms with van der Waals surface area (Å²) < 4.78 is 80.7. The van der Waals surface area contributed by atoms with E-state index in [9.17, 15) is 36.2 Å². The fraction of sp³-hybridized carbons (Fsp3) is 0.917. The first-order chi connectivity index (χ1) is 9.10. The van der Waals surface area contributed by atoms with Gasteiger partial charge in [0.1, 0.15) is 0 Å². The van der Waals surface area contributed by atoms with Gasteiger partial charge in [-0.15, -0.1) is 0 Å². The van der Waals surface area contributed by atoms with E-state index in [0.717, 1.165) is 6.92 Å². The molecule has 0 rings (SSSR count). The van der Waals surface area contributed by atoms with E-state index in [1.165, 1.54) is 20.8 Å². The first-order valence-electron chi connectivity index (χ1n) is 6.17. The molecule has 0 spiro atoms. The second-order valence-corrected chi connectivity index (χ2v) is 5.40. The van der Waals surface area contributed by atoms with E-state index in [0.29, 0.717) is 0 Å². The predicted octanol–water partition coefficient (Wildman–Crippen LogP) is 3.60. The van der Waals surface area contributed by atoms with Crippen LogP contribution in [0.15, 0.2) is 0 Å². The Kier molecular flexibility index (Phi) is 5.73. The van der Waals surface area contributed by atoms with Gasteiger partial charge in [0, 0.05) is 6.42 Å². The normalized spacial score (nSPS) is 16.8. The number of hydrogen-bond acceptors (Lipinski definition) is 3. The van der Waals surface area contributed by atoms with Gasteiger partial charge in [0.15, 0.2) is 0 Å². The summed E-state index contributed by atoms with van der Waals surface area (Å²) in [5, 5.41) is 9.18. The van der Waals surface area contributed by atoms with Crippen LogP contribution < -0.4 is 0 Å². The lowest BCUT2D eigenvalue weighted by atomic mass is 9.76. The van der Waals surface area contributed by atoms with Gasteiger partial charge < -0.3 is 9.84 Å². The maximum absolute atomic E-state index is 12.7. The minimum Gasteiger partial charge on any atom is -0.463 e. The van der Waals surface area contributed by atoms with Gasteiger partial charge in [0.25, 0.3) is 5.60 Å². The maximum atomic E-state index is 12.7. The number of hydrogen-bond donors (Lipinski definition) is 1. The van der Waals surface area contributed by atoms with Crippen LogP contribution in [0.5, 0.6) is 0 Å². The first kappa shape index (κ1) is 20.0. The minimum absolute atomic E-state index is 0.354. The average Bonchev–Trinajstić information content (AvgIpc) is 2.24. The Morgan fingerprint density at radius 3 is 1.71 bits per heavy atom. The molecule has 1 atom stereocenters. The molecular formula is C12H18F6O3. The van der Waals surface area contributed by atoms with Crippen molar-refractivity contribution < 1.29 is 41.0 Å². The summed E-state index contributed by atoms with van der Waals surface area (Å²) in [6.07, 6.45) is -14.8. The second-order valence-electron chi connectivity index (χ2n) is 5.40. The van der Waals surface area contributed by atoms with Gasteiger partial charge >= 0.3 is 18.3 Å². The van der Waals surface area contributed by atoms with Crippen LogP contribution >= 0.6 is 0 Å². The summed E-state index contributed by atoms with van der Waals surface area (Å²) in [4.78, 5) is 11.8. The molecule has 0 amide bonds. The average molecular weight is 324 g/mol. The molecule has 0 heterocycles. The van der Waals surface area contributed by atoms with Crippen LogP contribution in [-0.2, 0) is 9.53 Å². The molecule has 0 aliphatic carbocycles. The zero-order chi connectivity index (χ0) is 17.3. The molecule has 0 aliphatic heterocycles. The highest BCUT2D eigenvalue weighted by atomic mass is 19.4. The summed E-state index contributed by atoms with van der Waals surface area (Å²) in [6, 6.07) is 0. The molecule has 0 saturated heterocycles. The lowest BCUT2D eigenvalue weighted by Gasteiger charge is -2.38. The molecule has 0 aliphatic rings. The highest BCUT2D eigenvalue weighted by molar-refractivity contribution is 5.76. The molecule has 0 radical (unpaired) electrons. The van der Waals surface area contributed by atoms with Crippen LogP contribution in [-0.4, -0.2) is 35.1 Å². The van der Waals surface area contributed by atoms with Crippen LogP contribution in [0.2, 0.25) is 0 Å². The van der Waals surface area contributed by atoms with Crippen LogP contribution in [0.3, 0.4) is 0 Å². The van der Waals surface area contributed by atoms with Gasteiger partial charge in [0.2, 0.25) is 0 Å². The molecule has 0 aromatic carbocycles. The molecule has 0 bridgehead atoms. The van der Waals surface area contributed by atoms with Crippen molar-refractivity contribution in [3.8, 4) is 0 Å². The molecule has 21 heavy (non-hydrogen) atoms. The third kappa shape index (κ3) is 4.24. The molecule has 0 aromatic heterocycles. The summed E-state index contributed by atoms with van der Waals surface area (Å²) in [5.74, 6) is -1.22. The number of ether oxygens (including phenoxy) is 1. The molecule has 0 saturated carbocycles. The summed E-state index contributed by atoms with van der Waals surface area (Å²) in [7, 11) is 0. The second kappa shape index (κ2) is 6.02. The number of rotatable bonds is 5. The molecule has 0 fully saturated rings. The topological polar surface area (TPSA) is 46.5 Å². The number of aliphatic hydroxyl groups is 1. The lowest BCUT2D eigenvalue weighted by Crippen LogP contribution is -2.60. The zero-order valence-electron chi connectivity index (χ0n) is 12.0. The molecule has 9 heteroatoms. The standard InChI is InChI=1S/C12H18F6O3/c1-5-9(4,8(19)21-7(2)3)6-10(20,11(13,14)15)12(16,17)18/h7,20H,5-6H2,1-4H3. The van der Waals surface area contributed by atoms with Crippen molar-refractivity contribution in [3.63, 3.8) is 0 Å². The number of carbonyl (C=O) groups excluding carboxylic acids is 1. The SMILES string of the molecule is CCC(C)(CC(O)(C(F)(F)F)C(F)(F)F)C(=O)OC(C)C. The minimum atomic E-state index is -5.96. The number of esters is 1. The van der Waals surface area contributed by atoms with Gasteiger partial charge in [-0.2, -0.15) is 26.3 Å². The Labute approximate surface area is 118 Å². The van der Waals surface area contributed by atoms with Crippen LogP contribution in [0.25, 0.3) is 0 Å². The highest BCUT2D eigenvalue weighted by Crippen LogP contribution is 2.50. The van der Waals surface area contributed by atoms with Crippen LogP contribution in [0.4, 0.5) is 26.3 Å². The van der Waals surface area contributed by atoms with Gasteiger partial charge in [0.05, 0.1) is 11.5 Å². The quantitative estimate of drug-likeness (QED) is 0.621. The lowest BCUT2D eigenvalue weighted by molar-refractivity contribution is -0.375. The van der Waals surface area contributed by atoms with Gasteiger partial charge in [-0.05, 0) is 27.2 Å². The van der Waals surface area contributed by atoms with E-state index in [-0.39, 0.29) is 6.42 Å². The summed E-state index contributed by atoms with van der Waals surface area (Å²) >= 11 is 0. The van der Waals surface area contributed by atoms with Crippen molar-refractivity contribution in [1.29, 1.82) is 0 Å². The molecule has 1 unspecified atom stereocenters. The van der Waals surface area contributed by atoms with E-state index in [4.69, 9.17) is 4.74 Å². The van der Waals surface area contributed by atoms with E-state index in [2.05, 4.69) is 0 Å². The number of halogens is 6. The van der Waals surface area contributed by atoms with Crippen LogP contribution in [0.1, 0.15) is 40.5 Å². The number of carbonyl (C=O) groups is 1. The molecule has 126 valence electrons. The highest BCUT2D eigenvalue weighted by Gasteiger charge is 2.72. The Morgan fingerprint density at radius 1 is 1.10 bits per heavy atom. The smallest absolute Gasteiger partial charge is 0.426 e. The van der Waals surface area contributed by atoms with Gasteiger partial charge in [-0.1, -0.05) is 6.92 Å². The zero-order valence-corrected chi connectivity index (χ0v) is 12.0. The summed E-state index contributed by atoms with van der Waals surface area (Å²) in [6.45, 7) is 4.97. The van der Waals surface area contributed by atoms with Crippen molar-refractivity contribution >= 4 is 5.97 Å². The van der Waals surface area contributed by atoms with E-state index in [1.807, 2.05) is 0 Å². The molecule has 3 nitrogen and oxygen atoms in total. The Hall–Kier alpha value is -0.990. The fourth-order valence-corrected chi connectivity index (χ4v) is 1.62. The van der Waals surface area contributed by atoms with Gasteiger partial charge in [-0.3, -0.25) is 4.79 Å². The Bertz CT molecular complexity index is 360. The fourth-order valence-electron chi connectivity index (χ4n) is 1.62. The Balaban J connectivity index is 5.65. The molecule has 0 aromatic rings. The molecular weight excluding hydrogens is 306 g/mol. The van der Waals surface area contributed by atoms with E-state index in [1.54, 1.807) is 0 Å². The van der Waals surface area contributed by atoms with E-state index >= 15 is 0 Å². The molecule has 1 N–H and O–H groups in total. The van der Waals surface area contributed by atoms with Crippen LogP contribution in [0, 0.1) is 5.41 Å². The monoisotopic (exact) mass is 324 g/mol. The largest absolute Gasteiger partial charge is 0.463 e.